The summed E-state index contributed by atoms with van der Waals surface area (Å²) in [4.78, 5) is 27.5. The van der Waals surface area contributed by atoms with Gasteiger partial charge < -0.3 is 19.6 Å². The molecule has 0 bridgehead atoms. The molecule has 3 rings (SSSR count). The molecule has 1 N–H and O–H groups in total. The minimum atomic E-state index is -0.382. The van der Waals surface area contributed by atoms with Gasteiger partial charge in [0.05, 0.1) is 12.2 Å². The number of ether oxygens (including phenoxy) is 1. The van der Waals surface area contributed by atoms with Crippen LogP contribution in [0.15, 0.2) is 23.1 Å². The van der Waals surface area contributed by atoms with Gasteiger partial charge in [-0.15, -0.1) is 0 Å². The molecule has 2 heterocycles. The van der Waals surface area contributed by atoms with Gasteiger partial charge in [0, 0.05) is 26.1 Å². The first-order valence-corrected chi connectivity index (χ1v) is 7.76. The maximum absolute atomic E-state index is 12.2. The molecule has 1 amide bonds. The van der Waals surface area contributed by atoms with Gasteiger partial charge in [0.25, 0.3) is 5.91 Å². The van der Waals surface area contributed by atoms with Gasteiger partial charge in [-0.3, -0.25) is 4.79 Å². The molecule has 0 unspecified atom stereocenters. The molecule has 2 fully saturated rings. The number of nitrogens with zero attached hydrogens (tertiary/aromatic N) is 2. The minimum Gasteiger partial charge on any atom is -0.494 e. The van der Waals surface area contributed by atoms with E-state index in [1.807, 2.05) is 0 Å². The van der Waals surface area contributed by atoms with Crippen molar-refractivity contribution in [2.75, 3.05) is 20.8 Å². The lowest BCUT2D eigenvalue weighted by Gasteiger charge is -2.32. The standard InChI is InChI=1S/C16H22N2O4/c1-17-10-18(2)14(20)12(13(17)19)8-11-9-16(22-15(11)21)6-4-3-5-7-16/h8,19H,3-7,9-10H2,1-2H3. The maximum atomic E-state index is 12.2. The number of amides is 1. The lowest BCUT2D eigenvalue weighted by molar-refractivity contribution is -0.148. The van der Waals surface area contributed by atoms with Gasteiger partial charge in [-0.2, -0.15) is 0 Å². The summed E-state index contributed by atoms with van der Waals surface area (Å²) in [7, 11) is 3.37. The van der Waals surface area contributed by atoms with Gasteiger partial charge in [-0.1, -0.05) is 6.42 Å². The number of likely N-dealkylation sites (N-methyl/N-ethyl adjacent to an activating group) is 1. The average Bonchev–Trinajstić information content (AvgIpc) is 2.77. The molecule has 1 aliphatic carbocycles. The average molecular weight is 306 g/mol. The van der Waals surface area contributed by atoms with Crippen molar-refractivity contribution in [2.45, 2.75) is 44.1 Å². The van der Waals surface area contributed by atoms with Gasteiger partial charge in [0.1, 0.15) is 5.60 Å². The van der Waals surface area contributed by atoms with Crippen LogP contribution in [0.5, 0.6) is 0 Å². The Morgan fingerprint density at radius 2 is 1.82 bits per heavy atom. The molecule has 120 valence electrons. The Morgan fingerprint density at radius 1 is 1.14 bits per heavy atom. The Hall–Kier alpha value is -1.98. The van der Waals surface area contributed by atoms with E-state index < -0.39 is 0 Å². The molecule has 0 aromatic carbocycles. The predicted molar refractivity (Wildman–Crippen MR) is 79.7 cm³/mol. The van der Waals surface area contributed by atoms with Crippen LogP contribution in [0.3, 0.4) is 0 Å². The third-order valence-electron chi connectivity index (χ3n) is 4.77. The number of hydrogen-bond acceptors (Lipinski definition) is 5. The van der Waals surface area contributed by atoms with Crippen molar-refractivity contribution in [3.05, 3.63) is 23.1 Å². The van der Waals surface area contributed by atoms with Crippen LogP contribution in [-0.2, 0) is 14.3 Å². The molecule has 3 aliphatic rings. The molecule has 1 saturated carbocycles. The number of carbonyl (C=O) groups excluding carboxylic acids is 2. The first-order chi connectivity index (χ1) is 10.4. The van der Waals surface area contributed by atoms with Crippen LogP contribution in [0.1, 0.15) is 38.5 Å². The smallest absolute Gasteiger partial charge is 0.334 e. The van der Waals surface area contributed by atoms with E-state index in [2.05, 4.69) is 0 Å². The SMILES string of the molecule is CN1CN(C)C(O)=C(C=C2CC3(CCCCC3)OC2=O)C1=O. The van der Waals surface area contributed by atoms with Crippen LogP contribution < -0.4 is 0 Å². The fourth-order valence-electron chi connectivity index (χ4n) is 3.56. The number of carbonyl (C=O) groups is 2. The summed E-state index contributed by atoms with van der Waals surface area (Å²) in [5, 5.41) is 10.1. The summed E-state index contributed by atoms with van der Waals surface area (Å²) in [6.07, 6.45) is 7.12. The van der Waals surface area contributed by atoms with E-state index in [1.165, 1.54) is 17.4 Å². The summed E-state index contributed by atoms with van der Waals surface area (Å²) in [6, 6.07) is 0. The number of aliphatic hydroxyl groups excluding tert-OH is 1. The van der Waals surface area contributed by atoms with Crippen molar-refractivity contribution in [1.82, 2.24) is 9.80 Å². The highest BCUT2D eigenvalue weighted by Gasteiger charge is 2.44. The molecule has 0 radical (unpaired) electrons. The van der Waals surface area contributed by atoms with Crippen molar-refractivity contribution in [1.29, 1.82) is 0 Å². The normalized spacial score (nSPS) is 27.1. The van der Waals surface area contributed by atoms with Crippen molar-refractivity contribution in [3.8, 4) is 0 Å². The highest BCUT2D eigenvalue weighted by atomic mass is 16.6. The van der Waals surface area contributed by atoms with Crippen molar-refractivity contribution < 1.29 is 19.4 Å². The molecule has 6 nitrogen and oxygen atoms in total. The topological polar surface area (TPSA) is 70.1 Å². The van der Waals surface area contributed by atoms with Crippen LogP contribution in [0.25, 0.3) is 0 Å². The summed E-state index contributed by atoms with van der Waals surface area (Å²) in [5.74, 6) is -0.723. The molecule has 22 heavy (non-hydrogen) atoms. The monoisotopic (exact) mass is 306 g/mol. The Bertz CT molecular complexity index is 573. The largest absolute Gasteiger partial charge is 0.494 e. The van der Waals surface area contributed by atoms with Gasteiger partial charge >= 0.3 is 5.97 Å². The lowest BCUT2D eigenvalue weighted by atomic mass is 9.82. The third kappa shape index (κ3) is 2.46. The number of esters is 1. The number of aliphatic hydroxyl groups is 1. The minimum absolute atomic E-state index is 0.0898. The summed E-state index contributed by atoms with van der Waals surface area (Å²) >= 11 is 0. The van der Waals surface area contributed by atoms with E-state index >= 15 is 0 Å². The molecular weight excluding hydrogens is 284 g/mol. The second-order valence-electron chi connectivity index (χ2n) is 6.56. The molecule has 1 saturated heterocycles. The quantitative estimate of drug-likeness (QED) is 0.590. The van der Waals surface area contributed by atoms with Crippen molar-refractivity contribution >= 4 is 11.9 Å². The Kier molecular flexibility index (Phi) is 3.62. The summed E-state index contributed by atoms with van der Waals surface area (Å²) < 4.78 is 5.62. The Morgan fingerprint density at radius 3 is 2.50 bits per heavy atom. The van der Waals surface area contributed by atoms with Crippen LogP contribution in [0.2, 0.25) is 0 Å². The predicted octanol–water partition coefficient (Wildman–Crippen LogP) is 1.69. The van der Waals surface area contributed by atoms with Gasteiger partial charge in [0.2, 0.25) is 5.88 Å². The van der Waals surface area contributed by atoms with Crippen molar-refractivity contribution in [2.24, 2.45) is 0 Å². The molecule has 1 spiro atoms. The molecule has 2 aliphatic heterocycles. The lowest BCUT2D eigenvalue weighted by Crippen LogP contribution is -2.43. The zero-order valence-corrected chi connectivity index (χ0v) is 13.1. The van der Waals surface area contributed by atoms with E-state index in [1.54, 1.807) is 19.0 Å². The van der Waals surface area contributed by atoms with E-state index in [4.69, 9.17) is 4.74 Å². The second-order valence-corrected chi connectivity index (χ2v) is 6.56. The molecular formula is C16H22N2O4. The van der Waals surface area contributed by atoms with Crippen LogP contribution in [0.4, 0.5) is 0 Å². The van der Waals surface area contributed by atoms with Crippen LogP contribution >= 0.6 is 0 Å². The highest BCUT2D eigenvalue weighted by Crippen LogP contribution is 2.42. The Labute approximate surface area is 130 Å². The highest BCUT2D eigenvalue weighted by molar-refractivity contribution is 6.00. The van der Waals surface area contributed by atoms with E-state index in [9.17, 15) is 14.7 Å². The molecule has 0 atom stereocenters. The van der Waals surface area contributed by atoms with Crippen LogP contribution in [-0.4, -0.2) is 53.1 Å². The number of rotatable bonds is 1. The number of hydrogen-bond donors (Lipinski definition) is 1. The molecule has 6 heteroatoms. The maximum Gasteiger partial charge on any atom is 0.334 e. The van der Waals surface area contributed by atoms with E-state index in [0.29, 0.717) is 18.7 Å². The first kappa shape index (κ1) is 14.9. The zero-order valence-electron chi connectivity index (χ0n) is 13.1. The van der Waals surface area contributed by atoms with Gasteiger partial charge in [-0.25, -0.2) is 4.79 Å². The first-order valence-electron chi connectivity index (χ1n) is 7.76. The molecule has 0 aromatic rings. The summed E-state index contributed by atoms with van der Waals surface area (Å²) in [6.45, 7) is 0.325. The fraction of sp³-hybridized carbons (Fsp3) is 0.625. The fourth-order valence-corrected chi connectivity index (χ4v) is 3.56. The Balaban J connectivity index is 1.90. The second kappa shape index (κ2) is 5.34. The summed E-state index contributed by atoms with van der Waals surface area (Å²) in [5.41, 5.74) is 0.268. The zero-order chi connectivity index (χ0) is 15.9. The van der Waals surface area contributed by atoms with Gasteiger partial charge in [-0.05, 0) is 31.8 Å². The van der Waals surface area contributed by atoms with E-state index in [0.717, 1.165) is 25.7 Å². The van der Waals surface area contributed by atoms with Crippen LogP contribution in [0, 0.1) is 0 Å². The third-order valence-corrected chi connectivity index (χ3v) is 4.77. The molecule has 0 aromatic heterocycles. The van der Waals surface area contributed by atoms with E-state index in [-0.39, 0.29) is 28.9 Å². The van der Waals surface area contributed by atoms with Crippen molar-refractivity contribution in [3.63, 3.8) is 0 Å². The van der Waals surface area contributed by atoms with Gasteiger partial charge in [0.15, 0.2) is 0 Å².